The summed E-state index contributed by atoms with van der Waals surface area (Å²) in [6.07, 6.45) is 10.0. The Morgan fingerprint density at radius 2 is 1.42 bits per heavy atom. The Balaban J connectivity index is 0.000000202. The Hall–Kier alpha value is -0.340. The molecule has 0 aliphatic heterocycles. The van der Waals surface area contributed by atoms with Crippen molar-refractivity contribution >= 4 is 0 Å². The highest BCUT2D eigenvalue weighted by Gasteiger charge is 2.06. The molecule has 0 aromatic carbocycles. The summed E-state index contributed by atoms with van der Waals surface area (Å²) in [5, 5.41) is 7.90. The summed E-state index contributed by atoms with van der Waals surface area (Å²) in [4.78, 5) is 3.94. The Morgan fingerprint density at radius 3 is 1.50 bits per heavy atom. The maximum absolute atomic E-state index is 7.90. The molecular formula is C10H20O2. The van der Waals surface area contributed by atoms with E-state index in [1.165, 1.54) is 25.7 Å². The van der Waals surface area contributed by atoms with Crippen molar-refractivity contribution in [2.75, 3.05) is 0 Å². The standard InChI is InChI=1S/C6H10.C4H10O2/c1-2-4-6-5-3-1;1-4(2,3)6-5/h1-2H,3-6H2;5H,1-3H3. The number of rotatable bonds is 0. The number of hydrogen-bond acceptors (Lipinski definition) is 2. The van der Waals surface area contributed by atoms with Crippen molar-refractivity contribution in [3.63, 3.8) is 0 Å². The van der Waals surface area contributed by atoms with Crippen LogP contribution in [0.3, 0.4) is 0 Å². The highest BCUT2D eigenvalue weighted by Crippen LogP contribution is 2.07. The lowest BCUT2D eigenvalue weighted by Gasteiger charge is -2.10. The van der Waals surface area contributed by atoms with Crippen LogP contribution in [0, 0.1) is 0 Å². The quantitative estimate of drug-likeness (QED) is 0.345. The van der Waals surface area contributed by atoms with Gasteiger partial charge in [-0.15, -0.1) is 0 Å². The van der Waals surface area contributed by atoms with Gasteiger partial charge < -0.3 is 0 Å². The molecule has 2 heteroatoms. The molecule has 0 saturated heterocycles. The number of allylic oxidation sites excluding steroid dienone is 2. The van der Waals surface area contributed by atoms with Crippen LogP contribution in [0.15, 0.2) is 12.2 Å². The second kappa shape index (κ2) is 6.21. The van der Waals surface area contributed by atoms with Crippen molar-refractivity contribution in [1.29, 1.82) is 0 Å². The topological polar surface area (TPSA) is 29.5 Å². The molecule has 0 aromatic rings. The minimum absolute atomic E-state index is 0.403. The van der Waals surface area contributed by atoms with Crippen LogP contribution in [0.4, 0.5) is 0 Å². The molecule has 0 unspecified atom stereocenters. The summed E-state index contributed by atoms with van der Waals surface area (Å²) in [6.45, 7) is 5.31. The molecule has 0 spiro atoms. The van der Waals surface area contributed by atoms with Crippen molar-refractivity contribution in [3.8, 4) is 0 Å². The molecule has 72 valence electrons. The lowest BCUT2D eigenvalue weighted by molar-refractivity contribution is -0.306. The van der Waals surface area contributed by atoms with Crippen LogP contribution in [0.25, 0.3) is 0 Å². The monoisotopic (exact) mass is 172 g/mol. The van der Waals surface area contributed by atoms with Gasteiger partial charge in [0.2, 0.25) is 0 Å². The van der Waals surface area contributed by atoms with Crippen molar-refractivity contribution in [1.82, 2.24) is 0 Å². The van der Waals surface area contributed by atoms with Crippen LogP contribution in [0.2, 0.25) is 0 Å². The van der Waals surface area contributed by atoms with Gasteiger partial charge in [0.1, 0.15) is 0 Å². The minimum atomic E-state index is -0.403. The van der Waals surface area contributed by atoms with Gasteiger partial charge in [0.25, 0.3) is 0 Å². The first-order valence-corrected chi connectivity index (χ1v) is 4.54. The van der Waals surface area contributed by atoms with E-state index in [2.05, 4.69) is 17.0 Å². The highest BCUT2D eigenvalue weighted by molar-refractivity contribution is 4.85. The molecule has 0 amide bonds. The largest absolute Gasteiger partial charge is 0.251 e. The van der Waals surface area contributed by atoms with Crippen LogP contribution >= 0.6 is 0 Å². The van der Waals surface area contributed by atoms with Crippen molar-refractivity contribution in [2.45, 2.75) is 52.1 Å². The second-order valence-electron chi connectivity index (χ2n) is 3.96. The van der Waals surface area contributed by atoms with Gasteiger partial charge in [-0.25, -0.2) is 4.89 Å². The zero-order valence-electron chi connectivity index (χ0n) is 8.34. The van der Waals surface area contributed by atoms with E-state index in [9.17, 15) is 0 Å². The maximum Gasteiger partial charge on any atom is 0.0949 e. The third-order valence-electron chi connectivity index (χ3n) is 1.43. The summed E-state index contributed by atoms with van der Waals surface area (Å²) < 4.78 is 0. The lowest BCUT2D eigenvalue weighted by atomic mass is 10.1. The Kier molecular flexibility index (Phi) is 6.03. The Bertz CT molecular complexity index is 114. The fraction of sp³-hybridized carbons (Fsp3) is 0.800. The molecule has 1 aliphatic rings. The predicted molar refractivity (Wildman–Crippen MR) is 51.1 cm³/mol. The molecule has 12 heavy (non-hydrogen) atoms. The number of hydrogen-bond donors (Lipinski definition) is 1. The molecule has 0 atom stereocenters. The summed E-state index contributed by atoms with van der Waals surface area (Å²) in [6, 6.07) is 0. The van der Waals surface area contributed by atoms with E-state index >= 15 is 0 Å². The van der Waals surface area contributed by atoms with Gasteiger partial charge >= 0.3 is 0 Å². The van der Waals surface area contributed by atoms with Crippen LogP contribution < -0.4 is 0 Å². The molecule has 1 aliphatic carbocycles. The predicted octanol–water partition coefficient (Wildman–Crippen LogP) is 3.39. The van der Waals surface area contributed by atoms with Gasteiger partial charge in [-0.3, -0.25) is 5.26 Å². The Labute approximate surface area is 75.2 Å². The van der Waals surface area contributed by atoms with Gasteiger partial charge in [0, 0.05) is 0 Å². The molecule has 1 N–H and O–H groups in total. The first kappa shape index (κ1) is 11.7. The van der Waals surface area contributed by atoms with Crippen LogP contribution in [0.5, 0.6) is 0 Å². The first-order chi connectivity index (χ1) is 5.56. The fourth-order valence-corrected chi connectivity index (χ4v) is 0.760. The molecule has 0 heterocycles. The summed E-state index contributed by atoms with van der Waals surface area (Å²) in [5.74, 6) is 0. The lowest BCUT2D eigenvalue weighted by Crippen LogP contribution is -2.15. The van der Waals surface area contributed by atoms with Gasteiger partial charge in [0.05, 0.1) is 5.60 Å². The molecule has 0 fully saturated rings. The summed E-state index contributed by atoms with van der Waals surface area (Å²) in [5.41, 5.74) is -0.403. The SMILES string of the molecule is C1=CCCCC1.CC(C)(C)OO. The second-order valence-corrected chi connectivity index (χ2v) is 3.96. The first-order valence-electron chi connectivity index (χ1n) is 4.54. The summed E-state index contributed by atoms with van der Waals surface area (Å²) >= 11 is 0. The van der Waals surface area contributed by atoms with E-state index in [1.807, 2.05) is 0 Å². The molecule has 0 saturated carbocycles. The molecule has 0 aromatic heterocycles. The van der Waals surface area contributed by atoms with Crippen LogP contribution in [-0.4, -0.2) is 10.9 Å². The third-order valence-corrected chi connectivity index (χ3v) is 1.43. The fourth-order valence-electron chi connectivity index (χ4n) is 0.760. The van der Waals surface area contributed by atoms with Gasteiger partial charge in [-0.05, 0) is 46.5 Å². The third kappa shape index (κ3) is 9.66. The van der Waals surface area contributed by atoms with E-state index in [0.717, 1.165) is 0 Å². The van der Waals surface area contributed by atoms with Crippen molar-refractivity contribution < 1.29 is 10.1 Å². The normalized spacial score (nSPS) is 16.7. The van der Waals surface area contributed by atoms with Gasteiger partial charge in [0.15, 0.2) is 0 Å². The van der Waals surface area contributed by atoms with E-state index in [1.54, 1.807) is 20.8 Å². The highest BCUT2D eigenvalue weighted by atomic mass is 17.1. The van der Waals surface area contributed by atoms with Crippen LogP contribution in [0.1, 0.15) is 46.5 Å². The molecule has 0 bridgehead atoms. The van der Waals surface area contributed by atoms with Crippen LogP contribution in [-0.2, 0) is 4.89 Å². The molecular weight excluding hydrogens is 152 g/mol. The molecule has 0 radical (unpaired) electrons. The van der Waals surface area contributed by atoms with Gasteiger partial charge in [-0.1, -0.05) is 12.2 Å². The zero-order valence-corrected chi connectivity index (χ0v) is 8.34. The maximum atomic E-state index is 7.90. The van der Waals surface area contributed by atoms with Crippen molar-refractivity contribution in [2.24, 2.45) is 0 Å². The van der Waals surface area contributed by atoms with Gasteiger partial charge in [-0.2, -0.15) is 0 Å². The van der Waals surface area contributed by atoms with E-state index in [-0.39, 0.29) is 0 Å². The van der Waals surface area contributed by atoms with E-state index in [4.69, 9.17) is 5.26 Å². The molecule has 1 rings (SSSR count). The summed E-state index contributed by atoms with van der Waals surface area (Å²) in [7, 11) is 0. The Morgan fingerprint density at radius 1 is 1.08 bits per heavy atom. The smallest absolute Gasteiger partial charge is 0.0949 e. The average molecular weight is 172 g/mol. The average Bonchev–Trinajstić information content (AvgIpc) is 2.07. The van der Waals surface area contributed by atoms with E-state index < -0.39 is 5.60 Å². The molecule has 2 nitrogen and oxygen atoms in total. The van der Waals surface area contributed by atoms with E-state index in [0.29, 0.717) is 0 Å². The zero-order chi connectivity index (χ0) is 9.45. The minimum Gasteiger partial charge on any atom is -0.251 e. The van der Waals surface area contributed by atoms with Crippen molar-refractivity contribution in [3.05, 3.63) is 12.2 Å².